The molecule has 0 aromatic heterocycles. The molecule has 20 heavy (non-hydrogen) atoms. The van der Waals surface area contributed by atoms with Crippen LogP contribution in [-0.2, 0) is 16.0 Å². The van der Waals surface area contributed by atoms with Gasteiger partial charge >= 0.3 is 0 Å². The van der Waals surface area contributed by atoms with Crippen LogP contribution in [0.2, 0.25) is 0 Å². The lowest BCUT2D eigenvalue weighted by Crippen LogP contribution is -2.47. The van der Waals surface area contributed by atoms with Crippen molar-refractivity contribution in [2.45, 2.75) is 19.4 Å². The second-order valence-corrected chi connectivity index (χ2v) is 4.22. The Kier molecular flexibility index (Phi) is 6.55. The molecule has 1 atom stereocenters. The van der Waals surface area contributed by atoms with Crippen LogP contribution < -0.4 is 10.6 Å². The van der Waals surface area contributed by atoms with Crippen molar-refractivity contribution in [2.75, 3.05) is 6.54 Å². The molecule has 0 radical (unpaired) electrons. The van der Waals surface area contributed by atoms with Crippen LogP contribution in [0.5, 0.6) is 0 Å². The lowest BCUT2D eigenvalue weighted by molar-refractivity contribution is -0.127. The van der Waals surface area contributed by atoms with Crippen molar-refractivity contribution < 1.29 is 9.59 Å². The number of hydrogen-bond donors (Lipinski definition) is 2. The van der Waals surface area contributed by atoms with Crippen LogP contribution in [0.3, 0.4) is 0 Å². The van der Waals surface area contributed by atoms with Gasteiger partial charge in [0.2, 0.25) is 11.8 Å². The highest BCUT2D eigenvalue weighted by atomic mass is 16.2. The largest absolute Gasteiger partial charge is 0.351 e. The first kappa shape index (κ1) is 15.4. The SMILES string of the molecule is CC(=O)N[C@@H](Cc1ccccc1)C(=O)NC/C=C/C#N. The number of nitrogens with zero attached hydrogens (tertiary/aromatic N) is 1. The summed E-state index contributed by atoms with van der Waals surface area (Å²) in [5, 5.41) is 13.6. The zero-order valence-electron chi connectivity index (χ0n) is 11.3. The van der Waals surface area contributed by atoms with Crippen molar-refractivity contribution >= 4 is 11.8 Å². The lowest BCUT2D eigenvalue weighted by Gasteiger charge is -2.17. The molecule has 0 bridgehead atoms. The summed E-state index contributed by atoms with van der Waals surface area (Å²) in [5.74, 6) is -0.528. The maximum Gasteiger partial charge on any atom is 0.243 e. The molecule has 0 unspecified atom stereocenters. The Morgan fingerprint density at radius 3 is 2.65 bits per heavy atom. The van der Waals surface area contributed by atoms with Crippen molar-refractivity contribution in [3.05, 3.63) is 48.0 Å². The van der Waals surface area contributed by atoms with Gasteiger partial charge in [0, 0.05) is 26.0 Å². The smallest absolute Gasteiger partial charge is 0.243 e. The maximum atomic E-state index is 12.0. The van der Waals surface area contributed by atoms with E-state index in [-0.39, 0.29) is 18.4 Å². The fourth-order valence-corrected chi connectivity index (χ4v) is 1.70. The molecule has 0 aliphatic rings. The molecule has 0 spiro atoms. The molecule has 0 heterocycles. The molecule has 0 saturated carbocycles. The van der Waals surface area contributed by atoms with Gasteiger partial charge in [-0.15, -0.1) is 0 Å². The molecule has 104 valence electrons. The summed E-state index contributed by atoms with van der Waals surface area (Å²) in [6.45, 7) is 1.64. The first-order valence-corrected chi connectivity index (χ1v) is 6.27. The number of carbonyl (C=O) groups is 2. The van der Waals surface area contributed by atoms with Crippen molar-refractivity contribution in [1.82, 2.24) is 10.6 Å². The third kappa shape index (κ3) is 5.83. The van der Waals surface area contributed by atoms with Crippen LogP contribution in [0.1, 0.15) is 12.5 Å². The summed E-state index contributed by atoms with van der Waals surface area (Å²) in [6.07, 6.45) is 3.27. The summed E-state index contributed by atoms with van der Waals surface area (Å²) in [5.41, 5.74) is 0.967. The van der Waals surface area contributed by atoms with E-state index in [1.165, 1.54) is 13.0 Å². The fraction of sp³-hybridized carbons (Fsp3) is 0.267. The summed E-state index contributed by atoms with van der Waals surface area (Å²) in [6, 6.07) is 10.7. The molecule has 5 heteroatoms. The van der Waals surface area contributed by atoms with Gasteiger partial charge in [-0.2, -0.15) is 5.26 Å². The fourth-order valence-electron chi connectivity index (χ4n) is 1.70. The van der Waals surface area contributed by atoms with Crippen molar-refractivity contribution in [2.24, 2.45) is 0 Å². The van der Waals surface area contributed by atoms with E-state index in [9.17, 15) is 9.59 Å². The van der Waals surface area contributed by atoms with Crippen molar-refractivity contribution in [3.63, 3.8) is 0 Å². The van der Waals surface area contributed by atoms with Crippen molar-refractivity contribution in [3.8, 4) is 6.07 Å². The minimum Gasteiger partial charge on any atom is -0.351 e. The topological polar surface area (TPSA) is 82.0 Å². The lowest BCUT2D eigenvalue weighted by atomic mass is 10.1. The molecular weight excluding hydrogens is 254 g/mol. The molecule has 0 saturated heterocycles. The van der Waals surface area contributed by atoms with Crippen LogP contribution in [0.4, 0.5) is 0 Å². The quantitative estimate of drug-likeness (QED) is 0.755. The summed E-state index contributed by atoms with van der Waals surface area (Å²) < 4.78 is 0. The van der Waals surface area contributed by atoms with E-state index in [0.29, 0.717) is 6.42 Å². The highest BCUT2D eigenvalue weighted by Crippen LogP contribution is 2.03. The van der Waals surface area contributed by atoms with Gasteiger partial charge in [-0.05, 0) is 5.56 Å². The Morgan fingerprint density at radius 1 is 1.35 bits per heavy atom. The number of rotatable bonds is 6. The predicted molar refractivity (Wildman–Crippen MR) is 75.5 cm³/mol. The van der Waals surface area contributed by atoms with Gasteiger partial charge in [0.1, 0.15) is 6.04 Å². The highest BCUT2D eigenvalue weighted by Gasteiger charge is 2.18. The van der Waals surface area contributed by atoms with E-state index >= 15 is 0 Å². The third-order valence-electron chi connectivity index (χ3n) is 2.56. The summed E-state index contributed by atoms with van der Waals surface area (Å²) in [4.78, 5) is 23.2. The molecule has 1 aromatic rings. The number of allylic oxidation sites excluding steroid dienone is 1. The molecule has 2 N–H and O–H groups in total. The monoisotopic (exact) mass is 271 g/mol. The number of nitriles is 1. The standard InChI is InChI=1S/C15H17N3O2/c1-12(19)18-14(11-13-7-3-2-4-8-13)15(20)17-10-6-5-9-16/h2-8,14H,10-11H2,1H3,(H,17,20)(H,18,19)/b6-5+/t14-/m0/s1. The minimum atomic E-state index is -0.620. The molecule has 5 nitrogen and oxygen atoms in total. The average Bonchev–Trinajstić information content (AvgIpc) is 2.43. The van der Waals surface area contributed by atoms with E-state index in [4.69, 9.17) is 5.26 Å². The number of nitrogens with one attached hydrogen (secondary N) is 2. The number of benzene rings is 1. The Bertz CT molecular complexity index is 518. The average molecular weight is 271 g/mol. The molecule has 0 aliphatic heterocycles. The van der Waals surface area contributed by atoms with Crippen molar-refractivity contribution in [1.29, 1.82) is 5.26 Å². The summed E-state index contributed by atoms with van der Waals surface area (Å²) >= 11 is 0. The molecular formula is C15H17N3O2. The first-order valence-electron chi connectivity index (χ1n) is 6.27. The molecule has 1 rings (SSSR count). The number of hydrogen-bond acceptors (Lipinski definition) is 3. The summed E-state index contributed by atoms with van der Waals surface area (Å²) in [7, 11) is 0. The van der Waals surface area contributed by atoms with E-state index in [1.807, 2.05) is 36.4 Å². The zero-order chi connectivity index (χ0) is 14.8. The molecule has 2 amide bonds. The molecule has 0 aliphatic carbocycles. The second kappa shape index (κ2) is 8.48. The van der Waals surface area contributed by atoms with Crippen LogP contribution in [0, 0.1) is 11.3 Å². The molecule has 1 aromatic carbocycles. The van der Waals surface area contributed by atoms with Gasteiger partial charge in [-0.3, -0.25) is 9.59 Å². The van der Waals surface area contributed by atoms with Crippen LogP contribution in [0.15, 0.2) is 42.5 Å². The predicted octanol–water partition coefficient (Wildman–Crippen LogP) is 0.930. The third-order valence-corrected chi connectivity index (χ3v) is 2.56. The highest BCUT2D eigenvalue weighted by molar-refractivity contribution is 5.87. The van der Waals surface area contributed by atoms with E-state index < -0.39 is 6.04 Å². The number of carbonyl (C=O) groups excluding carboxylic acids is 2. The first-order chi connectivity index (χ1) is 9.63. The number of amides is 2. The van der Waals surface area contributed by atoms with Crippen LogP contribution in [0.25, 0.3) is 0 Å². The van der Waals surface area contributed by atoms with Gasteiger partial charge in [-0.1, -0.05) is 36.4 Å². The van der Waals surface area contributed by atoms with Gasteiger partial charge in [0.05, 0.1) is 6.07 Å². The van der Waals surface area contributed by atoms with Gasteiger partial charge in [0.25, 0.3) is 0 Å². The Morgan fingerprint density at radius 2 is 2.05 bits per heavy atom. The Labute approximate surface area is 118 Å². The van der Waals surface area contributed by atoms with Gasteiger partial charge < -0.3 is 10.6 Å². The van der Waals surface area contributed by atoms with E-state index in [0.717, 1.165) is 5.56 Å². The van der Waals surface area contributed by atoms with Gasteiger partial charge in [-0.25, -0.2) is 0 Å². The second-order valence-electron chi connectivity index (χ2n) is 4.22. The normalized spacial score (nSPS) is 11.6. The van der Waals surface area contributed by atoms with Crippen LogP contribution in [-0.4, -0.2) is 24.4 Å². The van der Waals surface area contributed by atoms with Gasteiger partial charge in [0.15, 0.2) is 0 Å². The van der Waals surface area contributed by atoms with E-state index in [1.54, 1.807) is 6.08 Å². The zero-order valence-corrected chi connectivity index (χ0v) is 11.3. The Balaban J connectivity index is 2.64. The minimum absolute atomic E-state index is 0.256. The maximum absolute atomic E-state index is 12.0. The molecule has 0 fully saturated rings. The Hall–Kier alpha value is -2.61. The van der Waals surface area contributed by atoms with Crippen LogP contribution >= 0.6 is 0 Å². The van der Waals surface area contributed by atoms with E-state index in [2.05, 4.69) is 10.6 Å².